The molecule has 0 aliphatic carbocycles. The lowest BCUT2D eigenvalue weighted by Gasteiger charge is -2.27. The SMILES string of the molecule is Cc1nc2n(n1)CCCC2NC(=NCCN1CCOCC1)NCCc1ccco1.I. The molecule has 10 heteroatoms. The molecule has 1 atom stereocenters. The Morgan fingerprint density at radius 3 is 2.97 bits per heavy atom. The van der Waals surface area contributed by atoms with E-state index in [9.17, 15) is 0 Å². The predicted molar refractivity (Wildman–Crippen MR) is 125 cm³/mol. The Balaban J connectivity index is 0.00000256. The van der Waals surface area contributed by atoms with Crippen molar-refractivity contribution in [2.75, 3.05) is 45.9 Å². The maximum Gasteiger partial charge on any atom is 0.191 e. The molecule has 0 spiro atoms. The minimum atomic E-state index is 0. The van der Waals surface area contributed by atoms with Gasteiger partial charge in [-0.2, -0.15) is 5.10 Å². The van der Waals surface area contributed by atoms with E-state index in [1.165, 1.54) is 0 Å². The van der Waals surface area contributed by atoms with Crippen LogP contribution in [0.2, 0.25) is 0 Å². The number of morpholine rings is 1. The van der Waals surface area contributed by atoms with Crippen LogP contribution in [0.4, 0.5) is 0 Å². The van der Waals surface area contributed by atoms with Gasteiger partial charge in [-0.05, 0) is 31.9 Å². The zero-order valence-corrected chi connectivity index (χ0v) is 19.9. The molecule has 1 unspecified atom stereocenters. The Hall–Kier alpha value is -1.66. The summed E-state index contributed by atoms with van der Waals surface area (Å²) in [5, 5.41) is 11.5. The van der Waals surface area contributed by atoms with E-state index in [0.717, 1.165) is 95.1 Å². The summed E-state index contributed by atoms with van der Waals surface area (Å²) in [5.74, 6) is 3.62. The standard InChI is InChI=1S/C20H31N7O2.HI/c1-16-23-19-18(5-2-9-27(19)25-16)24-20(21-7-6-17-4-3-13-29-17)22-8-10-26-11-14-28-15-12-26;/h3-4,13,18H,2,5-12,14-15H2,1H3,(H2,21,22,24);1H. The molecule has 2 N–H and O–H groups in total. The van der Waals surface area contributed by atoms with Crippen LogP contribution in [-0.4, -0.2) is 71.6 Å². The number of aliphatic imine (C=N–C) groups is 1. The van der Waals surface area contributed by atoms with Gasteiger partial charge in [0.15, 0.2) is 5.96 Å². The highest BCUT2D eigenvalue weighted by Crippen LogP contribution is 2.22. The molecule has 30 heavy (non-hydrogen) atoms. The molecule has 0 radical (unpaired) electrons. The van der Waals surface area contributed by atoms with Gasteiger partial charge in [-0.3, -0.25) is 9.89 Å². The molecule has 1 saturated heterocycles. The lowest BCUT2D eigenvalue weighted by atomic mass is 10.1. The molecule has 2 aromatic heterocycles. The molecule has 166 valence electrons. The molecule has 0 bridgehead atoms. The van der Waals surface area contributed by atoms with E-state index >= 15 is 0 Å². The van der Waals surface area contributed by atoms with Crippen LogP contribution in [-0.2, 0) is 17.7 Å². The third-order valence-electron chi connectivity index (χ3n) is 5.33. The molecular weight excluding hydrogens is 497 g/mol. The first-order valence-corrected chi connectivity index (χ1v) is 10.6. The van der Waals surface area contributed by atoms with Crippen LogP contribution < -0.4 is 10.6 Å². The van der Waals surface area contributed by atoms with Crippen LogP contribution in [0.15, 0.2) is 27.8 Å². The smallest absolute Gasteiger partial charge is 0.191 e. The van der Waals surface area contributed by atoms with Gasteiger partial charge in [-0.15, -0.1) is 24.0 Å². The highest BCUT2D eigenvalue weighted by Gasteiger charge is 2.24. The van der Waals surface area contributed by atoms with E-state index in [-0.39, 0.29) is 30.0 Å². The number of aromatic nitrogens is 3. The summed E-state index contributed by atoms with van der Waals surface area (Å²) in [7, 11) is 0. The zero-order valence-electron chi connectivity index (χ0n) is 17.5. The van der Waals surface area contributed by atoms with Crippen molar-refractivity contribution in [3.63, 3.8) is 0 Å². The van der Waals surface area contributed by atoms with Crippen molar-refractivity contribution in [3.8, 4) is 0 Å². The molecule has 4 heterocycles. The van der Waals surface area contributed by atoms with E-state index in [1.54, 1.807) is 6.26 Å². The molecule has 4 rings (SSSR count). The van der Waals surface area contributed by atoms with E-state index < -0.39 is 0 Å². The Morgan fingerprint density at radius 2 is 2.17 bits per heavy atom. The molecular formula is C20H32IN7O2. The molecule has 2 aliphatic rings. The second kappa shape index (κ2) is 11.7. The minimum Gasteiger partial charge on any atom is -0.469 e. The monoisotopic (exact) mass is 529 g/mol. The average Bonchev–Trinajstić information content (AvgIpc) is 3.38. The van der Waals surface area contributed by atoms with Crippen LogP contribution in [0.1, 0.15) is 36.3 Å². The highest BCUT2D eigenvalue weighted by atomic mass is 127. The summed E-state index contributed by atoms with van der Waals surface area (Å²) < 4.78 is 12.9. The number of nitrogens with zero attached hydrogens (tertiary/aromatic N) is 5. The number of hydrogen-bond acceptors (Lipinski definition) is 6. The van der Waals surface area contributed by atoms with E-state index in [0.29, 0.717) is 0 Å². The first-order valence-electron chi connectivity index (χ1n) is 10.6. The largest absolute Gasteiger partial charge is 0.469 e. The number of guanidine groups is 1. The van der Waals surface area contributed by atoms with Crippen LogP contribution in [0.25, 0.3) is 0 Å². The lowest BCUT2D eigenvalue weighted by Crippen LogP contribution is -2.43. The maximum atomic E-state index is 5.43. The van der Waals surface area contributed by atoms with E-state index in [4.69, 9.17) is 14.1 Å². The fourth-order valence-electron chi connectivity index (χ4n) is 3.81. The molecule has 2 aromatic rings. The number of halogens is 1. The van der Waals surface area contributed by atoms with Crippen molar-refractivity contribution >= 4 is 29.9 Å². The summed E-state index contributed by atoms with van der Waals surface area (Å²) in [6.45, 7) is 8.91. The number of fused-ring (bicyclic) bond motifs is 1. The van der Waals surface area contributed by atoms with Crippen molar-refractivity contribution < 1.29 is 9.15 Å². The Bertz CT molecular complexity index is 787. The first-order chi connectivity index (χ1) is 14.3. The van der Waals surface area contributed by atoms with Crippen molar-refractivity contribution in [1.29, 1.82) is 0 Å². The summed E-state index contributed by atoms with van der Waals surface area (Å²) in [6.07, 6.45) is 4.64. The van der Waals surface area contributed by atoms with Gasteiger partial charge >= 0.3 is 0 Å². The van der Waals surface area contributed by atoms with Gasteiger partial charge in [-0.25, -0.2) is 9.67 Å². The van der Waals surface area contributed by atoms with Crippen molar-refractivity contribution in [2.45, 2.75) is 38.8 Å². The van der Waals surface area contributed by atoms with Crippen molar-refractivity contribution in [2.24, 2.45) is 4.99 Å². The molecule has 2 aliphatic heterocycles. The Morgan fingerprint density at radius 1 is 1.30 bits per heavy atom. The summed E-state index contributed by atoms with van der Waals surface area (Å²) in [6, 6.07) is 4.04. The Kier molecular flexibility index (Phi) is 8.94. The van der Waals surface area contributed by atoms with Crippen LogP contribution in [0.5, 0.6) is 0 Å². The number of ether oxygens (including phenoxy) is 1. The zero-order chi connectivity index (χ0) is 19.9. The lowest BCUT2D eigenvalue weighted by molar-refractivity contribution is 0.0394. The van der Waals surface area contributed by atoms with Gasteiger partial charge in [0.2, 0.25) is 0 Å². The van der Waals surface area contributed by atoms with Gasteiger partial charge in [0.1, 0.15) is 17.4 Å². The Labute approximate surface area is 194 Å². The summed E-state index contributed by atoms with van der Waals surface area (Å²) in [5.41, 5.74) is 0. The fourth-order valence-corrected chi connectivity index (χ4v) is 3.81. The molecule has 9 nitrogen and oxygen atoms in total. The first kappa shape index (κ1) is 23.0. The fraction of sp³-hybridized carbons (Fsp3) is 0.650. The van der Waals surface area contributed by atoms with Crippen LogP contribution in [0, 0.1) is 6.92 Å². The quantitative estimate of drug-likeness (QED) is 0.321. The number of furan rings is 1. The third kappa shape index (κ3) is 6.42. The van der Waals surface area contributed by atoms with Crippen LogP contribution >= 0.6 is 24.0 Å². The predicted octanol–water partition coefficient (Wildman–Crippen LogP) is 1.74. The summed E-state index contributed by atoms with van der Waals surface area (Å²) >= 11 is 0. The third-order valence-corrected chi connectivity index (χ3v) is 5.33. The average molecular weight is 529 g/mol. The maximum absolute atomic E-state index is 5.43. The molecule has 0 saturated carbocycles. The van der Waals surface area contributed by atoms with Crippen molar-refractivity contribution in [3.05, 3.63) is 35.8 Å². The normalized spacial score (nSPS) is 19.8. The number of nitrogens with one attached hydrogen (secondary N) is 2. The van der Waals surface area contributed by atoms with Crippen molar-refractivity contribution in [1.82, 2.24) is 30.3 Å². The second-order valence-electron chi connectivity index (χ2n) is 7.52. The summed E-state index contributed by atoms with van der Waals surface area (Å²) in [4.78, 5) is 11.9. The minimum absolute atomic E-state index is 0. The van der Waals surface area contributed by atoms with Crippen LogP contribution in [0.3, 0.4) is 0 Å². The van der Waals surface area contributed by atoms with Gasteiger partial charge in [0.05, 0.1) is 32.1 Å². The molecule has 1 fully saturated rings. The number of hydrogen-bond donors (Lipinski definition) is 2. The van der Waals surface area contributed by atoms with E-state index in [1.807, 2.05) is 23.7 Å². The van der Waals surface area contributed by atoms with Gasteiger partial charge in [0.25, 0.3) is 0 Å². The topological polar surface area (TPSA) is 92.7 Å². The van der Waals surface area contributed by atoms with Gasteiger partial charge in [0, 0.05) is 39.1 Å². The van der Waals surface area contributed by atoms with Gasteiger partial charge < -0.3 is 19.8 Å². The number of rotatable bonds is 7. The molecule has 0 aromatic carbocycles. The number of aryl methyl sites for hydroxylation is 2. The highest BCUT2D eigenvalue weighted by molar-refractivity contribution is 14.0. The second-order valence-corrected chi connectivity index (χ2v) is 7.52. The van der Waals surface area contributed by atoms with E-state index in [2.05, 4.69) is 25.6 Å². The molecule has 0 amide bonds. The van der Waals surface area contributed by atoms with Gasteiger partial charge in [-0.1, -0.05) is 0 Å².